The van der Waals surface area contributed by atoms with E-state index in [1.165, 1.54) is 4.90 Å². The molecule has 1 rings (SSSR count). The van der Waals surface area contributed by atoms with E-state index in [1.54, 1.807) is 25.2 Å². The SMILES string of the molecule is C#CCN(C)C(=O)c1cc(Cl)ccc1I. The van der Waals surface area contributed by atoms with Gasteiger partial charge in [0.2, 0.25) is 0 Å². The number of halogens is 2. The fourth-order valence-corrected chi connectivity index (χ4v) is 1.81. The van der Waals surface area contributed by atoms with Crippen LogP contribution in [0.2, 0.25) is 5.02 Å². The third-order valence-corrected chi connectivity index (χ3v) is 3.01. The summed E-state index contributed by atoms with van der Waals surface area (Å²) in [6.45, 7) is 0.293. The van der Waals surface area contributed by atoms with Gasteiger partial charge in [0.1, 0.15) is 0 Å². The van der Waals surface area contributed by atoms with E-state index < -0.39 is 0 Å². The molecule has 0 aromatic heterocycles. The Morgan fingerprint density at radius 1 is 1.67 bits per heavy atom. The van der Waals surface area contributed by atoms with Gasteiger partial charge in [-0.25, -0.2) is 0 Å². The molecule has 1 aromatic carbocycles. The van der Waals surface area contributed by atoms with Crippen molar-refractivity contribution in [2.24, 2.45) is 0 Å². The molecular formula is C11H9ClINO. The Kier molecular flexibility index (Phi) is 4.43. The molecule has 4 heteroatoms. The van der Waals surface area contributed by atoms with Crippen LogP contribution in [0.25, 0.3) is 0 Å². The lowest BCUT2D eigenvalue weighted by molar-refractivity contribution is 0.0811. The summed E-state index contributed by atoms with van der Waals surface area (Å²) in [4.78, 5) is 13.4. The van der Waals surface area contributed by atoms with Crippen molar-refractivity contribution < 1.29 is 4.79 Å². The predicted molar refractivity (Wildman–Crippen MR) is 70.0 cm³/mol. The number of carbonyl (C=O) groups excluding carboxylic acids is 1. The largest absolute Gasteiger partial charge is 0.331 e. The fourth-order valence-electron chi connectivity index (χ4n) is 1.08. The molecule has 0 fully saturated rings. The molecule has 78 valence electrons. The van der Waals surface area contributed by atoms with Crippen LogP contribution in [0.5, 0.6) is 0 Å². The molecule has 0 heterocycles. The molecule has 0 N–H and O–H groups in total. The maximum absolute atomic E-state index is 11.9. The Balaban J connectivity index is 3.01. The summed E-state index contributed by atoms with van der Waals surface area (Å²) in [7, 11) is 1.67. The quantitative estimate of drug-likeness (QED) is 0.602. The number of terminal acetylenes is 1. The van der Waals surface area contributed by atoms with Gasteiger partial charge >= 0.3 is 0 Å². The first-order valence-electron chi connectivity index (χ1n) is 4.20. The van der Waals surface area contributed by atoms with Crippen molar-refractivity contribution in [1.29, 1.82) is 0 Å². The normalized spacial score (nSPS) is 9.47. The highest BCUT2D eigenvalue weighted by Crippen LogP contribution is 2.19. The molecule has 0 spiro atoms. The van der Waals surface area contributed by atoms with E-state index in [1.807, 2.05) is 0 Å². The van der Waals surface area contributed by atoms with Crippen molar-refractivity contribution in [1.82, 2.24) is 4.90 Å². The second-order valence-electron chi connectivity index (χ2n) is 2.99. The van der Waals surface area contributed by atoms with Crippen LogP contribution in [-0.4, -0.2) is 24.4 Å². The Labute approximate surface area is 108 Å². The van der Waals surface area contributed by atoms with Crippen molar-refractivity contribution in [2.75, 3.05) is 13.6 Å². The van der Waals surface area contributed by atoms with Crippen LogP contribution in [0.15, 0.2) is 18.2 Å². The smallest absolute Gasteiger partial charge is 0.255 e. The topological polar surface area (TPSA) is 20.3 Å². The number of benzene rings is 1. The van der Waals surface area contributed by atoms with Gasteiger partial charge < -0.3 is 4.90 Å². The zero-order valence-electron chi connectivity index (χ0n) is 8.13. The third kappa shape index (κ3) is 3.11. The number of hydrogen-bond donors (Lipinski definition) is 0. The van der Waals surface area contributed by atoms with Crippen molar-refractivity contribution >= 4 is 40.1 Å². The van der Waals surface area contributed by atoms with E-state index in [0.717, 1.165) is 3.57 Å². The maximum atomic E-state index is 11.9. The van der Waals surface area contributed by atoms with E-state index in [2.05, 4.69) is 28.5 Å². The van der Waals surface area contributed by atoms with Crippen LogP contribution in [0.3, 0.4) is 0 Å². The van der Waals surface area contributed by atoms with Gasteiger partial charge in [-0.2, -0.15) is 0 Å². The number of hydrogen-bond acceptors (Lipinski definition) is 1. The van der Waals surface area contributed by atoms with Crippen molar-refractivity contribution in [3.05, 3.63) is 32.4 Å². The number of nitrogens with zero attached hydrogens (tertiary/aromatic N) is 1. The molecule has 0 aliphatic carbocycles. The standard InChI is InChI=1S/C11H9ClINO/c1-3-6-14(2)11(15)9-7-8(12)4-5-10(9)13/h1,4-5,7H,6H2,2H3. The maximum Gasteiger partial charge on any atom is 0.255 e. The van der Waals surface area contributed by atoms with Crippen LogP contribution in [-0.2, 0) is 0 Å². The van der Waals surface area contributed by atoms with Crippen LogP contribution in [0.4, 0.5) is 0 Å². The van der Waals surface area contributed by atoms with Crippen LogP contribution < -0.4 is 0 Å². The van der Waals surface area contributed by atoms with Gasteiger partial charge in [0.05, 0.1) is 12.1 Å². The average molecular weight is 334 g/mol. The second kappa shape index (κ2) is 5.38. The molecule has 0 aliphatic rings. The van der Waals surface area contributed by atoms with Gasteiger partial charge in [-0.1, -0.05) is 17.5 Å². The summed E-state index contributed by atoms with van der Waals surface area (Å²) in [6.07, 6.45) is 5.14. The molecule has 0 bridgehead atoms. The molecular weight excluding hydrogens is 324 g/mol. The second-order valence-corrected chi connectivity index (χ2v) is 4.59. The molecule has 15 heavy (non-hydrogen) atoms. The van der Waals surface area contributed by atoms with Gasteiger partial charge in [-0.05, 0) is 40.8 Å². The van der Waals surface area contributed by atoms with Gasteiger partial charge in [-0.15, -0.1) is 6.42 Å². The van der Waals surface area contributed by atoms with Gasteiger partial charge in [0.15, 0.2) is 0 Å². The lowest BCUT2D eigenvalue weighted by Gasteiger charge is -2.14. The number of rotatable bonds is 2. The van der Waals surface area contributed by atoms with Crippen LogP contribution in [0.1, 0.15) is 10.4 Å². The summed E-state index contributed by atoms with van der Waals surface area (Å²) >= 11 is 7.92. The Bertz CT molecular complexity index is 425. The van der Waals surface area contributed by atoms with E-state index in [-0.39, 0.29) is 5.91 Å². The minimum atomic E-state index is -0.111. The Morgan fingerprint density at radius 2 is 2.33 bits per heavy atom. The van der Waals surface area contributed by atoms with Gasteiger partial charge in [0.25, 0.3) is 5.91 Å². The first-order chi connectivity index (χ1) is 7.06. The van der Waals surface area contributed by atoms with E-state index in [0.29, 0.717) is 17.1 Å². The molecule has 0 atom stereocenters. The molecule has 0 saturated heterocycles. The highest BCUT2D eigenvalue weighted by Gasteiger charge is 2.14. The minimum Gasteiger partial charge on any atom is -0.331 e. The molecule has 0 aliphatic heterocycles. The molecule has 2 nitrogen and oxygen atoms in total. The summed E-state index contributed by atoms with van der Waals surface area (Å²) in [5.41, 5.74) is 0.584. The number of amides is 1. The molecule has 0 unspecified atom stereocenters. The fraction of sp³-hybridized carbons (Fsp3) is 0.182. The summed E-state index contributed by atoms with van der Waals surface area (Å²) in [6, 6.07) is 5.21. The summed E-state index contributed by atoms with van der Waals surface area (Å²) in [5, 5.41) is 0.549. The highest BCUT2D eigenvalue weighted by atomic mass is 127. The Hall–Kier alpha value is -0.730. The highest BCUT2D eigenvalue weighted by molar-refractivity contribution is 14.1. The van der Waals surface area contributed by atoms with Crippen molar-refractivity contribution in [3.63, 3.8) is 0 Å². The van der Waals surface area contributed by atoms with E-state index >= 15 is 0 Å². The first-order valence-corrected chi connectivity index (χ1v) is 5.66. The monoisotopic (exact) mass is 333 g/mol. The Morgan fingerprint density at radius 3 is 2.93 bits per heavy atom. The molecule has 0 saturated carbocycles. The number of carbonyl (C=O) groups is 1. The molecule has 1 amide bonds. The summed E-state index contributed by atoms with van der Waals surface area (Å²) in [5.74, 6) is 2.31. The van der Waals surface area contributed by atoms with Crippen LogP contribution >= 0.6 is 34.2 Å². The molecule has 0 radical (unpaired) electrons. The van der Waals surface area contributed by atoms with Crippen molar-refractivity contribution in [3.8, 4) is 12.3 Å². The summed E-state index contributed by atoms with van der Waals surface area (Å²) < 4.78 is 0.867. The van der Waals surface area contributed by atoms with E-state index in [9.17, 15) is 4.79 Å². The molecule has 1 aromatic rings. The first kappa shape index (κ1) is 12.3. The lowest BCUT2D eigenvalue weighted by Crippen LogP contribution is -2.27. The van der Waals surface area contributed by atoms with E-state index in [4.69, 9.17) is 18.0 Å². The third-order valence-electron chi connectivity index (χ3n) is 1.83. The van der Waals surface area contributed by atoms with Crippen molar-refractivity contribution in [2.45, 2.75) is 0 Å². The van der Waals surface area contributed by atoms with Gasteiger partial charge in [0, 0.05) is 15.6 Å². The lowest BCUT2D eigenvalue weighted by atomic mass is 10.2. The minimum absolute atomic E-state index is 0.111. The zero-order chi connectivity index (χ0) is 11.4. The van der Waals surface area contributed by atoms with Crippen LogP contribution in [0, 0.1) is 15.9 Å². The van der Waals surface area contributed by atoms with Gasteiger partial charge in [-0.3, -0.25) is 4.79 Å². The predicted octanol–water partition coefficient (Wildman–Crippen LogP) is 2.65. The zero-order valence-corrected chi connectivity index (χ0v) is 11.0. The average Bonchev–Trinajstić information content (AvgIpc) is 2.21.